The highest BCUT2D eigenvalue weighted by Crippen LogP contribution is 2.12. The highest BCUT2D eigenvalue weighted by atomic mass is 16.3. The summed E-state index contributed by atoms with van der Waals surface area (Å²) in [5, 5.41) is 0. The minimum absolute atomic E-state index is 0.00973. The van der Waals surface area contributed by atoms with Crippen molar-refractivity contribution in [2.75, 3.05) is 0 Å². The van der Waals surface area contributed by atoms with Gasteiger partial charge in [-0.25, -0.2) is 0 Å². The van der Waals surface area contributed by atoms with Crippen LogP contribution < -0.4 is 10.9 Å². The van der Waals surface area contributed by atoms with Gasteiger partial charge in [0, 0.05) is 18.4 Å². The van der Waals surface area contributed by atoms with Gasteiger partial charge in [0.25, 0.3) is 0 Å². The van der Waals surface area contributed by atoms with Gasteiger partial charge < -0.3 is 4.42 Å². The molecule has 0 aliphatic rings. The van der Waals surface area contributed by atoms with Crippen molar-refractivity contribution in [2.45, 2.75) is 26.7 Å². The fourth-order valence-corrected chi connectivity index (χ4v) is 1.94. The molecule has 23 heavy (non-hydrogen) atoms. The number of hydrogen-bond acceptors (Lipinski definition) is 4. The first-order valence-corrected chi connectivity index (χ1v) is 7.20. The van der Waals surface area contributed by atoms with Crippen LogP contribution in [0.15, 0.2) is 41.0 Å². The number of aryl methyl sites for hydroxylation is 2. The van der Waals surface area contributed by atoms with Crippen molar-refractivity contribution >= 4 is 17.6 Å². The second kappa shape index (κ2) is 7.40. The van der Waals surface area contributed by atoms with Crippen molar-refractivity contribution in [1.82, 2.24) is 10.9 Å². The van der Waals surface area contributed by atoms with Gasteiger partial charge in [0.2, 0.25) is 5.91 Å². The first-order chi connectivity index (χ1) is 11.0. The minimum atomic E-state index is -0.552. The summed E-state index contributed by atoms with van der Waals surface area (Å²) in [6, 6.07) is 8.49. The van der Waals surface area contributed by atoms with E-state index < -0.39 is 11.8 Å². The highest BCUT2D eigenvalue weighted by Gasteiger charge is 2.12. The Morgan fingerprint density at radius 2 is 1.78 bits per heavy atom. The summed E-state index contributed by atoms with van der Waals surface area (Å²) in [6.45, 7) is 3.90. The molecule has 0 aliphatic heterocycles. The van der Waals surface area contributed by atoms with Crippen molar-refractivity contribution in [3.05, 3.63) is 59.0 Å². The van der Waals surface area contributed by atoms with Gasteiger partial charge >= 0.3 is 5.91 Å². The average molecular weight is 314 g/mol. The zero-order valence-electron chi connectivity index (χ0n) is 13.0. The molecular formula is C17H18N2O4. The minimum Gasteiger partial charge on any atom is -0.459 e. The van der Waals surface area contributed by atoms with E-state index in [4.69, 9.17) is 4.42 Å². The third kappa shape index (κ3) is 4.54. The lowest BCUT2D eigenvalue weighted by atomic mass is 10.0. The SMILES string of the molecule is Cc1ccc(C(=O)CCC(=O)NNC(=O)c2ccco2)cc1C. The molecule has 0 unspecified atom stereocenters. The van der Waals surface area contributed by atoms with E-state index in [1.54, 1.807) is 12.1 Å². The van der Waals surface area contributed by atoms with Crippen LogP contribution in [0.4, 0.5) is 0 Å². The van der Waals surface area contributed by atoms with Gasteiger partial charge in [-0.3, -0.25) is 25.2 Å². The first kappa shape index (κ1) is 16.5. The van der Waals surface area contributed by atoms with Gasteiger partial charge in [0.15, 0.2) is 11.5 Å². The third-order valence-corrected chi connectivity index (χ3v) is 3.47. The Morgan fingerprint density at radius 3 is 2.43 bits per heavy atom. The van der Waals surface area contributed by atoms with Crippen LogP contribution >= 0.6 is 0 Å². The largest absolute Gasteiger partial charge is 0.459 e. The molecule has 6 heteroatoms. The lowest BCUT2D eigenvalue weighted by Gasteiger charge is -2.06. The van der Waals surface area contributed by atoms with Crippen molar-refractivity contribution in [2.24, 2.45) is 0 Å². The van der Waals surface area contributed by atoms with Crippen molar-refractivity contribution in [3.63, 3.8) is 0 Å². The smallest absolute Gasteiger partial charge is 0.305 e. The molecule has 0 aliphatic carbocycles. The van der Waals surface area contributed by atoms with Crippen LogP contribution in [0.3, 0.4) is 0 Å². The predicted octanol–water partition coefficient (Wildman–Crippen LogP) is 2.32. The molecular weight excluding hydrogens is 296 g/mol. The van der Waals surface area contributed by atoms with Gasteiger partial charge in [-0.1, -0.05) is 12.1 Å². The second-order valence-electron chi connectivity index (χ2n) is 5.20. The maximum atomic E-state index is 12.1. The maximum Gasteiger partial charge on any atom is 0.305 e. The van der Waals surface area contributed by atoms with Crippen LogP contribution in [-0.4, -0.2) is 17.6 Å². The standard InChI is InChI=1S/C17H18N2O4/c1-11-5-6-13(10-12(11)2)14(20)7-8-16(21)18-19-17(22)15-4-3-9-23-15/h3-6,9-10H,7-8H2,1-2H3,(H,18,21)(H,19,22). The number of hydrogen-bond donors (Lipinski definition) is 2. The third-order valence-electron chi connectivity index (χ3n) is 3.47. The molecule has 2 amide bonds. The molecule has 120 valence electrons. The van der Waals surface area contributed by atoms with Crippen LogP contribution in [-0.2, 0) is 4.79 Å². The fraction of sp³-hybridized carbons (Fsp3) is 0.235. The number of furan rings is 1. The molecule has 0 spiro atoms. The lowest BCUT2D eigenvalue weighted by Crippen LogP contribution is -2.41. The molecule has 0 saturated heterocycles. The first-order valence-electron chi connectivity index (χ1n) is 7.20. The van der Waals surface area contributed by atoms with Gasteiger partial charge in [-0.15, -0.1) is 0 Å². The Bertz CT molecular complexity index is 720. The number of ketones is 1. The molecule has 0 saturated carbocycles. The monoisotopic (exact) mass is 314 g/mol. The Balaban J connectivity index is 1.78. The lowest BCUT2D eigenvalue weighted by molar-refractivity contribution is -0.121. The summed E-state index contributed by atoms with van der Waals surface area (Å²) in [4.78, 5) is 35.3. The van der Waals surface area contributed by atoms with Crippen LogP contribution in [0.5, 0.6) is 0 Å². The van der Waals surface area contributed by atoms with Crippen LogP contribution in [0, 0.1) is 13.8 Å². The molecule has 0 radical (unpaired) electrons. The average Bonchev–Trinajstić information content (AvgIpc) is 3.07. The number of nitrogens with one attached hydrogen (secondary N) is 2. The van der Waals surface area contributed by atoms with Gasteiger partial charge in [-0.2, -0.15) is 0 Å². The van der Waals surface area contributed by atoms with Crippen molar-refractivity contribution in [1.29, 1.82) is 0 Å². The molecule has 6 nitrogen and oxygen atoms in total. The van der Waals surface area contributed by atoms with E-state index in [-0.39, 0.29) is 24.4 Å². The zero-order valence-corrected chi connectivity index (χ0v) is 13.0. The van der Waals surface area contributed by atoms with Gasteiger partial charge in [0.05, 0.1) is 6.26 Å². The Labute approximate surface area is 133 Å². The molecule has 0 fully saturated rings. The molecule has 1 heterocycles. The number of benzene rings is 1. The number of carbonyl (C=O) groups excluding carboxylic acids is 3. The van der Waals surface area contributed by atoms with E-state index in [2.05, 4.69) is 10.9 Å². The molecule has 2 N–H and O–H groups in total. The number of carbonyl (C=O) groups is 3. The number of Topliss-reactive ketones (excluding diaryl/α,β-unsaturated/α-hetero) is 1. The van der Waals surface area contributed by atoms with E-state index in [0.29, 0.717) is 5.56 Å². The molecule has 2 rings (SSSR count). The normalized spacial score (nSPS) is 10.2. The Hall–Kier alpha value is -2.89. The van der Waals surface area contributed by atoms with Crippen LogP contribution in [0.2, 0.25) is 0 Å². The summed E-state index contributed by atoms with van der Waals surface area (Å²) >= 11 is 0. The number of hydrazine groups is 1. The highest BCUT2D eigenvalue weighted by molar-refractivity contribution is 5.98. The molecule has 1 aromatic heterocycles. The Morgan fingerprint density at radius 1 is 1.00 bits per heavy atom. The zero-order chi connectivity index (χ0) is 16.8. The summed E-state index contributed by atoms with van der Waals surface area (Å²) in [6.07, 6.45) is 1.42. The summed E-state index contributed by atoms with van der Waals surface area (Å²) < 4.78 is 4.89. The quantitative estimate of drug-likeness (QED) is 0.655. The summed E-state index contributed by atoms with van der Waals surface area (Å²) in [5.41, 5.74) is 7.20. The molecule has 0 bridgehead atoms. The van der Waals surface area contributed by atoms with E-state index in [9.17, 15) is 14.4 Å². The van der Waals surface area contributed by atoms with Gasteiger partial charge in [0.1, 0.15) is 0 Å². The van der Waals surface area contributed by atoms with Crippen LogP contribution in [0.1, 0.15) is 44.9 Å². The number of amides is 2. The van der Waals surface area contributed by atoms with E-state index in [0.717, 1.165) is 11.1 Å². The summed E-state index contributed by atoms with van der Waals surface area (Å²) in [5.74, 6) is -1.01. The van der Waals surface area contributed by atoms with E-state index in [1.807, 2.05) is 26.0 Å². The predicted molar refractivity (Wildman–Crippen MR) is 83.8 cm³/mol. The topological polar surface area (TPSA) is 88.4 Å². The van der Waals surface area contributed by atoms with Crippen molar-refractivity contribution in [3.8, 4) is 0 Å². The molecule has 2 aromatic rings. The maximum absolute atomic E-state index is 12.1. The fourth-order valence-electron chi connectivity index (χ4n) is 1.94. The van der Waals surface area contributed by atoms with E-state index >= 15 is 0 Å². The summed E-state index contributed by atoms with van der Waals surface area (Å²) in [7, 11) is 0. The van der Waals surface area contributed by atoms with Gasteiger partial charge in [-0.05, 0) is 43.2 Å². The van der Waals surface area contributed by atoms with Crippen LogP contribution in [0.25, 0.3) is 0 Å². The van der Waals surface area contributed by atoms with Crippen molar-refractivity contribution < 1.29 is 18.8 Å². The molecule has 1 aromatic carbocycles. The molecule has 0 atom stereocenters. The van der Waals surface area contributed by atoms with E-state index in [1.165, 1.54) is 12.3 Å². The Kier molecular flexibility index (Phi) is 5.30. The number of rotatable bonds is 5. The second-order valence-corrected chi connectivity index (χ2v) is 5.20.